The van der Waals surface area contributed by atoms with Gasteiger partial charge in [-0.25, -0.2) is 0 Å². The predicted molar refractivity (Wildman–Crippen MR) is 78.0 cm³/mol. The number of rotatable bonds is 6. The van der Waals surface area contributed by atoms with E-state index in [9.17, 15) is 5.26 Å². The summed E-state index contributed by atoms with van der Waals surface area (Å²) in [5, 5.41) is 20.7. The Kier molecular flexibility index (Phi) is 4.91. The van der Waals surface area contributed by atoms with Crippen LogP contribution in [0, 0.1) is 11.3 Å². The van der Waals surface area contributed by atoms with Crippen molar-refractivity contribution in [3.05, 3.63) is 41.4 Å². The molecule has 1 aromatic heterocycles. The monoisotopic (exact) mass is 290 g/mol. The van der Waals surface area contributed by atoms with Gasteiger partial charge in [0.15, 0.2) is 4.34 Å². The lowest BCUT2D eigenvalue weighted by atomic mass is 9.93. The number of nitriles is 1. The molecule has 1 unspecified atom stereocenters. The molecule has 1 aromatic carbocycles. The Bertz CT molecular complexity index is 536. The van der Waals surface area contributed by atoms with Gasteiger partial charge in [0, 0.05) is 5.75 Å². The second kappa shape index (κ2) is 6.66. The zero-order valence-corrected chi connectivity index (χ0v) is 12.2. The van der Waals surface area contributed by atoms with Gasteiger partial charge in [0.2, 0.25) is 0 Å². The zero-order chi connectivity index (χ0) is 13.6. The van der Waals surface area contributed by atoms with Gasteiger partial charge < -0.3 is 0 Å². The Hall–Kier alpha value is -1.42. The third kappa shape index (κ3) is 3.32. The normalized spacial score (nSPS) is 13.7. The maximum Gasteiger partial charge on any atom is 0.174 e. The van der Waals surface area contributed by atoms with Crippen LogP contribution in [-0.2, 0) is 5.54 Å². The number of nitrogens with zero attached hydrogens (tertiary/aromatic N) is 3. The molecule has 0 aliphatic carbocycles. The molecular formula is C13H14N4S2. The molecular weight excluding hydrogens is 276 g/mol. The lowest BCUT2D eigenvalue weighted by Crippen LogP contribution is -2.43. The molecule has 0 spiro atoms. The Morgan fingerprint density at radius 1 is 1.42 bits per heavy atom. The highest BCUT2D eigenvalue weighted by Gasteiger charge is 2.31. The SMILES string of the molecule is CCNC(C#N)(CSc1nncs1)c1ccccc1. The van der Waals surface area contributed by atoms with E-state index in [0.717, 1.165) is 16.4 Å². The van der Waals surface area contributed by atoms with Gasteiger partial charge >= 0.3 is 0 Å². The fraction of sp³-hybridized carbons (Fsp3) is 0.308. The molecule has 0 fully saturated rings. The molecule has 0 radical (unpaired) electrons. The molecule has 98 valence electrons. The number of hydrogen-bond acceptors (Lipinski definition) is 6. The second-order valence-corrected chi connectivity index (χ2v) is 5.96. The van der Waals surface area contributed by atoms with Crippen LogP contribution in [0.5, 0.6) is 0 Å². The molecule has 0 amide bonds. The first-order valence-electron chi connectivity index (χ1n) is 5.91. The van der Waals surface area contributed by atoms with Crippen LogP contribution in [0.4, 0.5) is 0 Å². The molecule has 2 aromatic rings. The predicted octanol–water partition coefficient (Wildman–Crippen LogP) is 2.66. The zero-order valence-electron chi connectivity index (χ0n) is 10.5. The van der Waals surface area contributed by atoms with Crippen LogP contribution in [0.25, 0.3) is 0 Å². The molecule has 1 N–H and O–H groups in total. The van der Waals surface area contributed by atoms with Gasteiger partial charge in [0.05, 0.1) is 6.07 Å². The van der Waals surface area contributed by atoms with Gasteiger partial charge in [-0.1, -0.05) is 60.4 Å². The van der Waals surface area contributed by atoms with Crippen molar-refractivity contribution in [1.82, 2.24) is 15.5 Å². The van der Waals surface area contributed by atoms with E-state index in [4.69, 9.17) is 0 Å². The first kappa shape index (κ1) is 14.0. The van der Waals surface area contributed by atoms with E-state index in [1.807, 2.05) is 37.3 Å². The van der Waals surface area contributed by atoms with Crippen molar-refractivity contribution >= 4 is 23.1 Å². The van der Waals surface area contributed by atoms with Crippen molar-refractivity contribution in [3.8, 4) is 6.07 Å². The van der Waals surface area contributed by atoms with Crippen molar-refractivity contribution in [1.29, 1.82) is 5.26 Å². The summed E-state index contributed by atoms with van der Waals surface area (Å²) in [5.74, 6) is 0.608. The fourth-order valence-electron chi connectivity index (χ4n) is 1.79. The van der Waals surface area contributed by atoms with Crippen molar-refractivity contribution in [2.75, 3.05) is 12.3 Å². The molecule has 0 saturated carbocycles. The molecule has 1 atom stereocenters. The van der Waals surface area contributed by atoms with Crippen LogP contribution in [0.2, 0.25) is 0 Å². The van der Waals surface area contributed by atoms with Gasteiger partial charge in [-0.05, 0) is 12.1 Å². The quantitative estimate of drug-likeness (QED) is 0.829. The fourth-order valence-corrected chi connectivity index (χ4v) is 3.43. The van der Waals surface area contributed by atoms with E-state index < -0.39 is 5.54 Å². The van der Waals surface area contributed by atoms with Crippen LogP contribution >= 0.6 is 23.1 Å². The summed E-state index contributed by atoms with van der Waals surface area (Å²) in [6.45, 7) is 2.74. The first-order chi connectivity index (χ1) is 9.30. The smallest absolute Gasteiger partial charge is 0.174 e. The molecule has 6 heteroatoms. The second-order valence-electron chi connectivity index (χ2n) is 3.91. The minimum absolute atomic E-state index is 0.608. The van der Waals surface area contributed by atoms with Crippen molar-refractivity contribution in [2.45, 2.75) is 16.8 Å². The number of hydrogen-bond donors (Lipinski definition) is 1. The van der Waals surface area contributed by atoms with E-state index in [-0.39, 0.29) is 0 Å². The van der Waals surface area contributed by atoms with Crippen LogP contribution in [0.15, 0.2) is 40.2 Å². The number of benzene rings is 1. The number of thioether (sulfide) groups is 1. The lowest BCUT2D eigenvalue weighted by molar-refractivity contribution is 0.490. The van der Waals surface area contributed by atoms with Crippen LogP contribution in [0.1, 0.15) is 12.5 Å². The van der Waals surface area contributed by atoms with Gasteiger partial charge in [-0.15, -0.1) is 10.2 Å². The highest BCUT2D eigenvalue weighted by atomic mass is 32.2. The first-order valence-corrected chi connectivity index (χ1v) is 7.78. The summed E-state index contributed by atoms with van der Waals surface area (Å²) in [6.07, 6.45) is 0. The number of nitrogens with one attached hydrogen (secondary N) is 1. The molecule has 1 heterocycles. The maximum absolute atomic E-state index is 9.63. The molecule has 0 aliphatic rings. The third-order valence-corrected chi connectivity index (χ3v) is 4.72. The number of aromatic nitrogens is 2. The third-order valence-electron chi connectivity index (χ3n) is 2.69. The Labute approximate surface area is 120 Å². The van der Waals surface area contributed by atoms with Gasteiger partial charge in [-0.3, -0.25) is 5.32 Å². The van der Waals surface area contributed by atoms with Crippen LogP contribution in [-0.4, -0.2) is 22.5 Å². The molecule has 0 saturated heterocycles. The molecule has 0 aliphatic heterocycles. The Morgan fingerprint density at radius 2 is 2.21 bits per heavy atom. The highest BCUT2D eigenvalue weighted by Crippen LogP contribution is 2.29. The maximum atomic E-state index is 9.63. The molecule has 2 rings (SSSR count). The topological polar surface area (TPSA) is 61.6 Å². The Balaban J connectivity index is 2.22. The van der Waals surface area contributed by atoms with E-state index >= 15 is 0 Å². The Morgan fingerprint density at radius 3 is 2.79 bits per heavy atom. The average Bonchev–Trinajstić information content (AvgIpc) is 2.98. The van der Waals surface area contributed by atoms with Crippen molar-refractivity contribution < 1.29 is 0 Å². The summed E-state index contributed by atoms with van der Waals surface area (Å²) in [6, 6.07) is 12.2. The minimum Gasteiger partial charge on any atom is -0.295 e. The van der Waals surface area contributed by atoms with Gasteiger partial charge in [-0.2, -0.15) is 5.26 Å². The lowest BCUT2D eigenvalue weighted by Gasteiger charge is -2.27. The summed E-state index contributed by atoms with van der Waals surface area (Å²) < 4.78 is 0.883. The van der Waals surface area contributed by atoms with Gasteiger partial charge in [0.25, 0.3) is 0 Å². The van der Waals surface area contributed by atoms with E-state index in [2.05, 4.69) is 21.6 Å². The van der Waals surface area contributed by atoms with Crippen molar-refractivity contribution in [3.63, 3.8) is 0 Å². The van der Waals surface area contributed by atoms with Crippen LogP contribution < -0.4 is 5.32 Å². The summed E-state index contributed by atoms with van der Waals surface area (Å²) >= 11 is 3.04. The van der Waals surface area contributed by atoms with Crippen molar-refractivity contribution in [2.24, 2.45) is 0 Å². The molecule has 19 heavy (non-hydrogen) atoms. The standard InChI is InChI=1S/C13H14N4S2/c1-2-15-13(8-14,11-6-4-3-5-7-11)9-18-12-17-16-10-19-12/h3-7,10,15H,2,9H2,1H3. The highest BCUT2D eigenvalue weighted by molar-refractivity contribution is 8.01. The van der Waals surface area contributed by atoms with E-state index in [1.54, 1.807) is 17.3 Å². The summed E-state index contributed by atoms with van der Waals surface area (Å²) in [7, 11) is 0. The largest absolute Gasteiger partial charge is 0.295 e. The molecule has 4 nitrogen and oxygen atoms in total. The molecule has 0 bridgehead atoms. The average molecular weight is 290 g/mol. The minimum atomic E-state index is -0.688. The summed E-state index contributed by atoms with van der Waals surface area (Å²) in [4.78, 5) is 0. The van der Waals surface area contributed by atoms with Gasteiger partial charge in [0.1, 0.15) is 11.0 Å². The van der Waals surface area contributed by atoms with E-state index in [1.165, 1.54) is 11.3 Å². The van der Waals surface area contributed by atoms with E-state index in [0.29, 0.717) is 5.75 Å². The van der Waals surface area contributed by atoms with Crippen LogP contribution in [0.3, 0.4) is 0 Å². The summed E-state index contributed by atoms with van der Waals surface area (Å²) in [5.41, 5.74) is 2.00.